The lowest BCUT2D eigenvalue weighted by molar-refractivity contribution is 0.0686. The van der Waals surface area contributed by atoms with Crippen molar-refractivity contribution in [1.82, 2.24) is 4.57 Å². The third kappa shape index (κ3) is 3.02. The van der Waals surface area contributed by atoms with E-state index in [1.165, 1.54) is 0 Å². The summed E-state index contributed by atoms with van der Waals surface area (Å²) in [5.41, 5.74) is 2.16. The molecular weight excluding hydrogens is 335 g/mol. The molecule has 0 unspecified atom stereocenters. The minimum atomic E-state index is -1.03. The Labute approximate surface area is 142 Å². The van der Waals surface area contributed by atoms with Crippen LogP contribution in [0.2, 0.25) is 10.0 Å². The maximum Gasteiger partial charge on any atom is 0.352 e. The number of aromatic nitrogens is 1. The fourth-order valence-electron chi connectivity index (χ4n) is 2.57. The van der Waals surface area contributed by atoms with Crippen molar-refractivity contribution in [2.75, 3.05) is 0 Å². The average molecular weight is 345 g/mol. The monoisotopic (exact) mass is 344 g/mol. The second-order valence-electron chi connectivity index (χ2n) is 5.08. The molecule has 6 heteroatoms. The van der Waals surface area contributed by atoms with Gasteiger partial charge < -0.3 is 9.67 Å². The van der Waals surface area contributed by atoms with Crippen LogP contribution in [0.3, 0.4) is 0 Å². The number of halogens is 2. The summed E-state index contributed by atoms with van der Waals surface area (Å²) in [4.78, 5) is 11.5. The van der Waals surface area contributed by atoms with E-state index in [1.54, 1.807) is 47.0 Å². The molecular formula is C17H10Cl2N2O2. The smallest absolute Gasteiger partial charge is 0.352 e. The van der Waals surface area contributed by atoms with Crippen molar-refractivity contribution in [3.63, 3.8) is 0 Å². The average Bonchev–Trinajstić information content (AvgIpc) is 2.84. The first kappa shape index (κ1) is 15.4. The van der Waals surface area contributed by atoms with Crippen LogP contribution >= 0.6 is 23.2 Å². The lowest BCUT2D eigenvalue weighted by atomic mass is 10.2. The first-order chi connectivity index (χ1) is 11.0. The van der Waals surface area contributed by atoms with E-state index < -0.39 is 5.97 Å². The third-order valence-corrected chi connectivity index (χ3v) is 3.95. The Bertz CT molecular complexity index is 950. The maximum absolute atomic E-state index is 11.5. The molecule has 0 saturated heterocycles. The van der Waals surface area contributed by atoms with Gasteiger partial charge in [-0.25, -0.2) is 4.79 Å². The zero-order valence-electron chi connectivity index (χ0n) is 11.8. The summed E-state index contributed by atoms with van der Waals surface area (Å²) >= 11 is 12.0. The molecule has 0 amide bonds. The van der Waals surface area contributed by atoms with Crippen molar-refractivity contribution in [3.05, 3.63) is 69.3 Å². The van der Waals surface area contributed by atoms with Crippen LogP contribution in [0.4, 0.5) is 0 Å². The van der Waals surface area contributed by atoms with Gasteiger partial charge in [0.1, 0.15) is 5.69 Å². The summed E-state index contributed by atoms with van der Waals surface area (Å²) in [6, 6.07) is 13.8. The minimum absolute atomic E-state index is 0.145. The number of carboxylic acids is 1. The molecule has 0 radical (unpaired) electrons. The molecule has 0 fully saturated rings. The fourth-order valence-corrected chi connectivity index (χ4v) is 3.14. The topological polar surface area (TPSA) is 66.0 Å². The van der Waals surface area contributed by atoms with Crippen LogP contribution in [0, 0.1) is 11.3 Å². The van der Waals surface area contributed by atoms with Crippen LogP contribution in [-0.2, 0) is 6.54 Å². The standard InChI is InChI=1S/C17H10Cl2N2O2/c18-13-4-11(5-14(19)7-13)9-21-15-2-1-10(8-20)3-12(15)6-16(21)17(22)23/h1-7H,9H2,(H,22,23). The molecule has 0 aliphatic heterocycles. The number of aromatic carboxylic acids is 1. The van der Waals surface area contributed by atoms with E-state index in [0.29, 0.717) is 27.5 Å². The van der Waals surface area contributed by atoms with Gasteiger partial charge in [0.15, 0.2) is 0 Å². The Kier molecular flexibility index (Phi) is 3.99. The van der Waals surface area contributed by atoms with Crippen molar-refractivity contribution < 1.29 is 9.90 Å². The van der Waals surface area contributed by atoms with Crippen molar-refractivity contribution in [2.45, 2.75) is 6.54 Å². The SMILES string of the molecule is N#Cc1ccc2c(c1)cc(C(=O)O)n2Cc1cc(Cl)cc(Cl)c1. The number of hydrogen-bond acceptors (Lipinski definition) is 2. The van der Waals surface area contributed by atoms with Gasteiger partial charge in [0, 0.05) is 27.5 Å². The normalized spacial score (nSPS) is 10.7. The summed E-state index contributed by atoms with van der Waals surface area (Å²) in [6.07, 6.45) is 0. The molecule has 23 heavy (non-hydrogen) atoms. The van der Waals surface area contributed by atoms with E-state index in [4.69, 9.17) is 28.5 Å². The van der Waals surface area contributed by atoms with Gasteiger partial charge in [0.05, 0.1) is 11.6 Å². The van der Waals surface area contributed by atoms with Crippen LogP contribution in [0.15, 0.2) is 42.5 Å². The highest BCUT2D eigenvalue weighted by Crippen LogP contribution is 2.25. The zero-order valence-corrected chi connectivity index (χ0v) is 13.3. The lowest BCUT2D eigenvalue weighted by Gasteiger charge is -2.09. The van der Waals surface area contributed by atoms with Crippen LogP contribution in [-0.4, -0.2) is 15.6 Å². The van der Waals surface area contributed by atoms with Gasteiger partial charge in [-0.3, -0.25) is 0 Å². The number of benzene rings is 2. The molecule has 1 N–H and O–H groups in total. The molecule has 0 spiro atoms. The van der Waals surface area contributed by atoms with Crippen molar-refractivity contribution in [1.29, 1.82) is 5.26 Å². The molecule has 1 heterocycles. The van der Waals surface area contributed by atoms with E-state index in [-0.39, 0.29) is 5.69 Å². The molecule has 0 aliphatic rings. The van der Waals surface area contributed by atoms with Crippen LogP contribution in [0.1, 0.15) is 21.6 Å². The lowest BCUT2D eigenvalue weighted by Crippen LogP contribution is -2.09. The highest BCUT2D eigenvalue weighted by molar-refractivity contribution is 6.34. The second kappa shape index (κ2) is 5.96. The van der Waals surface area contributed by atoms with Crippen molar-refractivity contribution in [3.8, 4) is 6.07 Å². The molecule has 3 rings (SSSR count). The number of carbonyl (C=O) groups is 1. The van der Waals surface area contributed by atoms with E-state index in [9.17, 15) is 9.90 Å². The van der Waals surface area contributed by atoms with Gasteiger partial charge in [-0.1, -0.05) is 23.2 Å². The number of rotatable bonds is 3. The van der Waals surface area contributed by atoms with E-state index in [2.05, 4.69) is 6.07 Å². The van der Waals surface area contributed by atoms with Gasteiger partial charge in [-0.05, 0) is 48.0 Å². The van der Waals surface area contributed by atoms with Crippen molar-refractivity contribution in [2.24, 2.45) is 0 Å². The fraction of sp³-hybridized carbons (Fsp3) is 0.0588. The van der Waals surface area contributed by atoms with Gasteiger partial charge in [-0.15, -0.1) is 0 Å². The second-order valence-corrected chi connectivity index (χ2v) is 5.96. The molecule has 0 aliphatic carbocycles. The summed E-state index contributed by atoms with van der Waals surface area (Å²) in [6.45, 7) is 0.317. The molecule has 0 saturated carbocycles. The molecule has 3 aromatic rings. The van der Waals surface area contributed by atoms with Crippen LogP contribution in [0.25, 0.3) is 10.9 Å². The highest BCUT2D eigenvalue weighted by Gasteiger charge is 2.15. The van der Waals surface area contributed by atoms with Gasteiger partial charge in [0.25, 0.3) is 0 Å². The summed E-state index contributed by atoms with van der Waals surface area (Å²) in [7, 11) is 0. The van der Waals surface area contributed by atoms with Gasteiger partial charge in [0.2, 0.25) is 0 Å². The number of nitriles is 1. The Morgan fingerprint density at radius 2 is 1.83 bits per heavy atom. The van der Waals surface area contributed by atoms with E-state index >= 15 is 0 Å². The van der Waals surface area contributed by atoms with E-state index in [0.717, 1.165) is 11.1 Å². The van der Waals surface area contributed by atoms with Crippen molar-refractivity contribution >= 4 is 40.1 Å². The Morgan fingerprint density at radius 3 is 2.43 bits per heavy atom. The third-order valence-electron chi connectivity index (χ3n) is 3.51. The number of hydrogen-bond donors (Lipinski definition) is 1. The molecule has 4 nitrogen and oxygen atoms in total. The Morgan fingerprint density at radius 1 is 1.13 bits per heavy atom. The Hall–Kier alpha value is -2.48. The summed E-state index contributed by atoms with van der Waals surface area (Å²) in [5.74, 6) is -1.03. The molecule has 114 valence electrons. The highest BCUT2D eigenvalue weighted by atomic mass is 35.5. The quantitative estimate of drug-likeness (QED) is 0.756. The summed E-state index contributed by atoms with van der Waals surface area (Å²) < 4.78 is 1.67. The first-order valence-electron chi connectivity index (χ1n) is 6.69. The molecule has 1 aromatic heterocycles. The Balaban J connectivity index is 2.16. The predicted molar refractivity (Wildman–Crippen MR) is 89.2 cm³/mol. The van der Waals surface area contributed by atoms with Gasteiger partial charge >= 0.3 is 5.97 Å². The van der Waals surface area contributed by atoms with Gasteiger partial charge in [-0.2, -0.15) is 5.26 Å². The first-order valence-corrected chi connectivity index (χ1v) is 7.45. The van der Waals surface area contributed by atoms with Crippen LogP contribution < -0.4 is 0 Å². The number of nitrogens with zero attached hydrogens (tertiary/aromatic N) is 2. The largest absolute Gasteiger partial charge is 0.477 e. The van der Waals surface area contributed by atoms with E-state index in [1.807, 2.05) is 0 Å². The van der Waals surface area contributed by atoms with Crippen LogP contribution in [0.5, 0.6) is 0 Å². The molecule has 0 atom stereocenters. The minimum Gasteiger partial charge on any atom is -0.477 e. The zero-order chi connectivity index (χ0) is 16.6. The number of fused-ring (bicyclic) bond motifs is 1. The maximum atomic E-state index is 11.5. The summed E-state index contributed by atoms with van der Waals surface area (Å²) in [5, 5.41) is 20.1. The molecule has 0 bridgehead atoms. The predicted octanol–water partition coefficient (Wildman–Crippen LogP) is 4.57. The molecule has 2 aromatic carbocycles. The number of carboxylic acid groups (broad SMARTS) is 1.